The van der Waals surface area contributed by atoms with E-state index in [0.717, 1.165) is 63.9 Å². The third-order valence-electron chi connectivity index (χ3n) is 6.24. The molecule has 0 saturated carbocycles. The maximum absolute atomic E-state index is 13.4. The first-order valence-corrected chi connectivity index (χ1v) is 12.1. The van der Waals surface area contributed by atoms with Gasteiger partial charge in [0, 0.05) is 25.8 Å². The SMILES string of the molecule is Cc1nc(N(C)c2ccc(C(C)C)cc2)c2c(C)c(C(=O)N3CCCCCC3)sc2n1. The summed E-state index contributed by atoms with van der Waals surface area (Å²) in [6.07, 6.45) is 4.61. The van der Waals surface area contributed by atoms with E-state index in [1.807, 2.05) is 25.8 Å². The molecule has 5 nitrogen and oxygen atoms in total. The monoisotopic (exact) mass is 436 g/mol. The molecule has 3 aromatic rings. The summed E-state index contributed by atoms with van der Waals surface area (Å²) in [6.45, 7) is 10.1. The third-order valence-corrected chi connectivity index (χ3v) is 7.41. The molecule has 1 aromatic carbocycles. The van der Waals surface area contributed by atoms with Crippen molar-refractivity contribution in [3.05, 3.63) is 46.1 Å². The number of rotatable bonds is 4. The summed E-state index contributed by atoms with van der Waals surface area (Å²) in [4.78, 5) is 28.7. The molecule has 0 bridgehead atoms. The lowest BCUT2D eigenvalue weighted by atomic mass is 10.0. The quantitative estimate of drug-likeness (QED) is 0.487. The summed E-state index contributed by atoms with van der Waals surface area (Å²) in [5.41, 5.74) is 3.39. The van der Waals surface area contributed by atoms with E-state index in [4.69, 9.17) is 4.98 Å². The van der Waals surface area contributed by atoms with Crippen LogP contribution >= 0.6 is 11.3 Å². The number of likely N-dealkylation sites (tertiary alicyclic amines) is 1. The average molecular weight is 437 g/mol. The minimum absolute atomic E-state index is 0.148. The van der Waals surface area contributed by atoms with Gasteiger partial charge in [0.25, 0.3) is 5.91 Å². The van der Waals surface area contributed by atoms with Crippen LogP contribution in [0, 0.1) is 13.8 Å². The molecule has 0 N–H and O–H groups in total. The van der Waals surface area contributed by atoms with Crippen LogP contribution in [-0.2, 0) is 0 Å². The van der Waals surface area contributed by atoms with E-state index in [9.17, 15) is 4.79 Å². The summed E-state index contributed by atoms with van der Waals surface area (Å²) in [5.74, 6) is 2.24. The van der Waals surface area contributed by atoms with Crippen LogP contribution in [0.3, 0.4) is 0 Å². The molecule has 31 heavy (non-hydrogen) atoms. The summed E-state index contributed by atoms with van der Waals surface area (Å²) in [5, 5.41) is 0.990. The normalized spacial score (nSPS) is 14.8. The van der Waals surface area contributed by atoms with Crippen molar-refractivity contribution in [2.75, 3.05) is 25.0 Å². The second-order valence-corrected chi connectivity index (χ2v) is 9.84. The maximum Gasteiger partial charge on any atom is 0.264 e. The van der Waals surface area contributed by atoms with E-state index in [-0.39, 0.29) is 5.91 Å². The lowest BCUT2D eigenvalue weighted by Gasteiger charge is -2.21. The molecule has 4 rings (SSSR count). The van der Waals surface area contributed by atoms with Crippen molar-refractivity contribution in [1.82, 2.24) is 14.9 Å². The predicted octanol–water partition coefficient (Wildman–Crippen LogP) is 6.22. The Balaban J connectivity index is 1.75. The number of carbonyl (C=O) groups is 1. The highest BCUT2D eigenvalue weighted by molar-refractivity contribution is 7.20. The van der Waals surface area contributed by atoms with Crippen LogP contribution < -0.4 is 4.90 Å². The second-order valence-electron chi connectivity index (χ2n) is 8.84. The first-order valence-electron chi connectivity index (χ1n) is 11.3. The van der Waals surface area contributed by atoms with Gasteiger partial charge in [-0.25, -0.2) is 9.97 Å². The zero-order valence-corrected chi connectivity index (χ0v) is 20.1. The van der Waals surface area contributed by atoms with Crippen molar-refractivity contribution in [2.24, 2.45) is 0 Å². The van der Waals surface area contributed by atoms with Crippen LogP contribution in [0.25, 0.3) is 10.2 Å². The predicted molar refractivity (Wildman–Crippen MR) is 130 cm³/mol. The smallest absolute Gasteiger partial charge is 0.264 e. The number of aromatic nitrogens is 2. The van der Waals surface area contributed by atoms with E-state index < -0.39 is 0 Å². The summed E-state index contributed by atoms with van der Waals surface area (Å²) < 4.78 is 0. The summed E-state index contributed by atoms with van der Waals surface area (Å²) in [7, 11) is 2.04. The van der Waals surface area contributed by atoms with Crippen molar-refractivity contribution in [2.45, 2.75) is 59.3 Å². The molecule has 6 heteroatoms. The van der Waals surface area contributed by atoms with Gasteiger partial charge in [-0.05, 0) is 55.9 Å². The van der Waals surface area contributed by atoms with E-state index in [1.54, 1.807) is 0 Å². The molecule has 2 aromatic heterocycles. The van der Waals surface area contributed by atoms with Crippen molar-refractivity contribution < 1.29 is 4.79 Å². The van der Waals surface area contributed by atoms with Gasteiger partial charge in [-0.15, -0.1) is 11.3 Å². The number of aryl methyl sites for hydroxylation is 2. The molecule has 1 aliphatic rings. The Bertz CT molecular complexity index is 1080. The van der Waals surface area contributed by atoms with Crippen molar-refractivity contribution in [1.29, 1.82) is 0 Å². The zero-order valence-electron chi connectivity index (χ0n) is 19.2. The number of hydrogen-bond acceptors (Lipinski definition) is 5. The Labute approximate surface area is 189 Å². The van der Waals surface area contributed by atoms with Crippen LogP contribution in [0.2, 0.25) is 0 Å². The molecule has 0 atom stereocenters. The van der Waals surface area contributed by atoms with Crippen LogP contribution in [-0.4, -0.2) is 40.9 Å². The minimum Gasteiger partial charge on any atom is -0.338 e. The van der Waals surface area contributed by atoms with Gasteiger partial charge in [0.15, 0.2) is 0 Å². The molecular weight excluding hydrogens is 404 g/mol. The lowest BCUT2D eigenvalue weighted by molar-refractivity contribution is 0.0766. The number of carbonyl (C=O) groups excluding carboxylic acids is 1. The molecule has 0 aliphatic carbocycles. The standard InChI is InChI=1S/C25H32N4OS/c1-16(2)19-10-12-20(13-11-19)28(5)23-21-17(3)22(31-24(21)27-18(4)26-23)25(30)29-14-8-6-7-9-15-29/h10-13,16H,6-9,14-15H2,1-5H3. The van der Waals surface area contributed by atoms with Gasteiger partial charge in [-0.2, -0.15) is 0 Å². The molecular formula is C25H32N4OS. The molecule has 1 saturated heterocycles. The molecule has 1 amide bonds. The summed E-state index contributed by atoms with van der Waals surface area (Å²) >= 11 is 1.51. The topological polar surface area (TPSA) is 49.3 Å². The summed E-state index contributed by atoms with van der Waals surface area (Å²) in [6, 6.07) is 8.64. The molecule has 0 spiro atoms. The molecule has 1 aliphatic heterocycles. The van der Waals surface area contributed by atoms with E-state index in [1.165, 1.54) is 29.7 Å². The Morgan fingerprint density at radius 1 is 1.03 bits per heavy atom. The van der Waals surface area contributed by atoms with E-state index in [0.29, 0.717) is 5.92 Å². The number of nitrogens with zero attached hydrogens (tertiary/aromatic N) is 4. The molecule has 0 unspecified atom stereocenters. The van der Waals surface area contributed by atoms with Gasteiger partial charge in [0.1, 0.15) is 16.5 Å². The molecule has 3 heterocycles. The van der Waals surface area contributed by atoms with Crippen molar-refractivity contribution in [3.8, 4) is 0 Å². The van der Waals surface area contributed by atoms with E-state index in [2.05, 4.69) is 48.0 Å². The number of thiophene rings is 1. The fourth-order valence-electron chi connectivity index (χ4n) is 4.29. The number of amides is 1. The van der Waals surface area contributed by atoms with Crippen LogP contribution in [0.5, 0.6) is 0 Å². The van der Waals surface area contributed by atoms with Gasteiger partial charge < -0.3 is 9.80 Å². The van der Waals surface area contributed by atoms with Gasteiger partial charge >= 0.3 is 0 Å². The van der Waals surface area contributed by atoms with Crippen LogP contribution in [0.1, 0.15) is 72.1 Å². The number of anilines is 2. The Kier molecular flexibility index (Phi) is 6.28. The highest BCUT2D eigenvalue weighted by Gasteiger charge is 2.25. The fraction of sp³-hybridized carbons (Fsp3) is 0.480. The first kappa shape index (κ1) is 21.8. The zero-order chi connectivity index (χ0) is 22.1. The number of fused-ring (bicyclic) bond motifs is 1. The Hall–Kier alpha value is -2.47. The van der Waals surface area contributed by atoms with Gasteiger partial charge in [-0.1, -0.05) is 38.8 Å². The number of benzene rings is 1. The van der Waals surface area contributed by atoms with Crippen molar-refractivity contribution >= 4 is 39.0 Å². The van der Waals surface area contributed by atoms with E-state index >= 15 is 0 Å². The Morgan fingerprint density at radius 2 is 1.68 bits per heavy atom. The highest BCUT2D eigenvalue weighted by Crippen LogP contribution is 2.38. The molecule has 164 valence electrons. The van der Waals surface area contributed by atoms with Crippen molar-refractivity contribution in [3.63, 3.8) is 0 Å². The van der Waals surface area contributed by atoms with Gasteiger partial charge in [0.05, 0.1) is 10.3 Å². The Morgan fingerprint density at radius 3 is 2.29 bits per heavy atom. The van der Waals surface area contributed by atoms with Gasteiger partial charge in [0.2, 0.25) is 0 Å². The van der Waals surface area contributed by atoms with Gasteiger partial charge in [-0.3, -0.25) is 4.79 Å². The molecule has 0 radical (unpaired) electrons. The first-order chi connectivity index (χ1) is 14.9. The number of hydrogen-bond donors (Lipinski definition) is 0. The fourth-order valence-corrected chi connectivity index (χ4v) is 5.48. The minimum atomic E-state index is 0.148. The highest BCUT2D eigenvalue weighted by atomic mass is 32.1. The molecule has 1 fully saturated rings. The third kappa shape index (κ3) is 4.31. The van der Waals surface area contributed by atoms with Crippen LogP contribution in [0.4, 0.5) is 11.5 Å². The largest absolute Gasteiger partial charge is 0.338 e. The van der Waals surface area contributed by atoms with Crippen LogP contribution in [0.15, 0.2) is 24.3 Å². The average Bonchev–Trinajstić information content (AvgIpc) is 2.93. The lowest BCUT2D eigenvalue weighted by Crippen LogP contribution is -2.31. The second kappa shape index (κ2) is 8.95. The maximum atomic E-state index is 13.4.